The molecule has 8 heteroatoms. The van der Waals surface area contributed by atoms with Crippen LogP contribution in [-0.2, 0) is 25.9 Å². The monoisotopic (exact) mass is 333 g/mol. The summed E-state index contributed by atoms with van der Waals surface area (Å²) < 4.78 is 46.6. The molecule has 0 spiro atoms. The molecule has 1 rings (SSSR count). The lowest BCUT2D eigenvalue weighted by Gasteiger charge is -2.15. The lowest BCUT2D eigenvalue weighted by Crippen LogP contribution is -2.35. The molecule has 0 unspecified atom stereocenters. The SMILES string of the molecule is COc1ccc(CCS(=O)(=O)NCC(OC)OC)c(OC)c1. The molecule has 0 amide bonds. The van der Waals surface area contributed by atoms with Crippen molar-refractivity contribution in [1.82, 2.24) is 4.72 Å². The average molecular weight is 333 g/mol. The first-order chi connectivity index (χ1) is 10.5. The third-order valence-electron chi connectivity index (χ3n) is 3.13. The zero-order valence-electron chi connectivity index (χ0n) is 13.3. The molecule has 1 aromatic carbocycles. The maximum atomic E-state index is 12.0. The van der Waals surface area contributed by atoms with E-state index < -0.39 is 16.3 Å². The molecule has 0 saturated carbocycles. The highest BCUT2D eigenvalue weighted by molar-refractivity contribution is 7.89. The van der Waals surface area contributed by atoms with Crippen LogP contribution in [0.5, 0.6) is 11.5 Å². The van der Waals surface area contributed by atoms with Gasteiger partial charge in [-0.15, -0.1) is 0 Å². The Morgan fingerprint density at radius 2 is 1.77 bits per heavy atom. The van der Waals surface area contributed by atoms with E-state index in [4.69, 9.17) is 18.9 Å². The third kappa shape index (κ3) is 5.80. The van der Waals surface area contributed by atoms with Gasteiger partial charge in [-0.05, 0) is 18.1 Å². The number of hydrogen-bond acceptors (Lipinski definition) is 6. The number of aryl methyl sites for hydroxylation is 1. The average Bonchev–Trinajstić information content (AvgIpc) is 2.53. The van der Waals surface area contributed by atoms with Crippen molar-refractivity contribution < 1.29 is 27.4 Å². The minimum atomic E-state index is -3.43. The molecule has 126 valence electrons. The van der Waals surface area contributed by atoms with Crippen LogP contribution in [0.1, 0.15) is 5.56 Å². The molecule has 0 aliphatic heterocycles. The summed E-state index contributed by atoms with van der Waals surface area (Å²) in [6.45, 7) is 0.0646. The number of ether oxygens (including phenoxy) is 4. The normalized spacial score (nSPS) is 11.7. The molecule has 7 nitrogen and oxygen atoms in total. The van der Waals surface area contributed by atoms with Gasteiger partial charge in [-0.1, -0.05) is 6.07 Å². The first-order valence-corrected chi connectivity index (χ1v) is 8.34. The van der Waals surface area contributed by atoms with Crippen molar-refractivity contribution in [1.29, 1.82) is 0 Å². The van der Waals surface area contributed by atoms with Gasteiger partial charge in [-0.2, -0.15) is 0 Å². The van der Waals surface area contributed by atoms with E-state index >= 15 is 0 Å². The zero-order chi connectivity index (χ0) is 16.6. The quantitative estimate of drug-likeness (QED) is 0.637. The van der Waals surface area contributed by atoms with Crippen molar-refractivity contribution in [2.45, 2.75) is 12.7 Å². The van der Waals surface area contributed by atoms with E-state index in [0.717, 1.165) is 5.56 Å². The van der Waals surface area contributed by atoms with E-state index in [2.05, 4.69) is 4.72 Å². The predicted octanol–water partition coefficient (Wildman–Crippen LogP) is 0.785. The summed E-state index contributed by atoms with van der Waals surface area (Å²) in [5, 5.41) is 0. The Kier molecular flexibility index (Phi) is 7.60. The van der Waals surface area contributed by atoms with Crippen LogP contribution in [0.4, 0.5) is 0 Å². The van der Waals surface area contributed by atoms with Crippen LogP contribution < -0.4 is 14.2 Å². The van der Waals surface area contributed by atoms with Crippen molar-refractivity contribution in [3.63, 3.8) is 0 Å². The second kappa shape index (κ2) is 8.94. The first kappa shape index (κ1) is 18.7. The third-order valence-corrected chi connectivity index (χ3v) is 4.48. The van der Waals surface area contributed by atoms with Crippen LogP contribution in [0.25, 0.3) is 0 Å². The highest BCUT2D eigenvalue weighted by atomic mass is 32.2. The molecule has 0 saturated heterocycles. The summed E-state index contributed by atoms with van der Waals surface area (Å²) in [6.07, 6.45) is -0.280. The molecule has 1 aromatic rings. The fourth-order valence-corrected chi connectivity index (χ4v) is 2.86. The largest absolute Gasteiger partial charge is 0.497 e. The van der Waals surface area contributed by atoms with E-state index in [0.29, 0.717) is 17.9 Å². The molecular weight excluding hydrogens is 310 g/mol. The molecule has 22 heavy (non-hydrogen) atoms. The second-order valence-electron chi connectivity index (χ2n) is 4.50. The van der Waals surface area contributed by atoms with Gasteiger partial charge in [0, 0.05) is 20.3 Å². The smallest absolute Gasteiger partial charge is 0.212 e. The van der Waals surface area contributed by atoms with Crippen LogP contribution in [0.2, 0.25) is 0 Å². The molecule has 0 heterocycles. The Labute approximate surface area is 131 Å². The van der Waals surface area contributed by atoms with Gasteiger partial charge < -0.3 is 18.9 Å². The van der Waals surface area contributed by atoms with Gasteiger partial charge in [0.25, 0.3) is 0 Å². The number of methoxy groups -OCH3 is 4. The lowest BCUT2D eigenvalue weighted by atomic mass is 10.1. The first-order valence-electron chi connectivity index (χ1n) is 6.69. The van der Waals surface area contributed by atoms with Crippen LogP contribution in [0, 0.1) is 0 Å². The second-order valence-corrected chi connectivity index (χ2v) is 6.42. The van der Waals surface area contributed by atoms with Crippen molar-refractivity contribution in [2.75, 3.05) is 40.7 Å². The summed E-state index contributed by atoms with van der Waals surface area (Å²) in [6, 6.07) is 5.28. The Morgan fingerprint density at radius 3 is 2.32 bits per heavy atom. The van der Waals surface area contributed by atoms with Gasteiger partial charge in [0.15, 0.2) is 6.29 Å². The summed E-state index contributed by atoms with van der Waals surface area (Å²) in [7, 11) is 2.56. The number of sulfonamides is 1. The zero-order valence-corrected chi connectivity index (χ0v) is 14.1. The van der Waals surface area contributed by atoms with Gasteiger partial charge in [0.2, 0.25) is 10.0 Å². The van der Waals surface area contributed by atoms with E-state index in [9.17, 15) is 8.42 Å². The summed E-state index contributed by atoms with van der Waals surface area (Å²) in [5.41, 5.74) is 0.795. The number of benzene rings is 1. The molecule has 1 N–H and O–H groups in total. The minimum Gasteiger partial charge on any atom is -0.497 e. The topological polar surface area (TPSA) is 83.1 Å². The van der Waals surface area contributed by atoms with Crippen molar-refractivity contribution in [2.24, 2.45) is 0 Å². The standard InChI is InChI=1S/C14H23NO6S/c1-18-12-6-5-11(13(9-12)19-2)7-8-22(16,17)15-10-14(20-3)21-4/h5-6,9,14-15H,7-8,10H2,1-4H3. The lowest BCUT2D eigenvalue weighted by molar-refractivity contribution is -0.0960. The van der Waals surface area contributed by atoms with Crippen molar-refractivity contribution in [3.8, 4) is 11.5 Å². The molecule has 0 fully saturated rings. The van der Waals surface area contributed by atoms with Crippen LogP contribution in [-0.4, -0.2) is 55.4 Å². The number of hydrogen-bond donors (Lipinski definition) is 1. The Morgan fingerprint density at radius 1 is 1.09 bits per heavy atom. The summed E-state index contributed by atoms with van der Waals surface area (Å²) in [4.78, 5) is 0. The summed E-state index contributed by atoms with van der Waals surface area (Å²) in [5.74, 6) is 1.20. The van der Waals surface area contributed by atoms with Gasteiger partial charge in [-0.3, -0.25) is 0 Å². The Bertz CT molecular complexity index is 556. The molecule has 0 aliphatic rings. The van der Waals surface area contributed by atoms with Crippen LogP contribution in [0.15, 0.2) is 18.2 Å². The molecule has 0 aromatic heterocycles. The van der Waals surface area contributed by atoms with Crippen LogP contribution >= 0.6 is 0 Å². The highest BCUT2D eigenvalue weighted by Gasteiger charge is 2.15. The van der Waals surface area contributed by atoms with E-state index in [1.807, 2.05) is 0 Å². The van der Waals surface area contributed by atoms with Crippen molar-refractivity contribution in [3.05, 3.63) is 23.8 Å². The van der Waals surface area contributed by atoms with Crippen LogP contribution in [0.3, 0.4) is 0 Å². The molecule has 0 aliphatic carbocycles. The fourth-order valence-electron chi connectivity index (χ4n) is 1.83. The van der Waals surface area contributed by atoms with Gasteiger partial charge in [0.1, 0.15) is 11.5 Å². The molecule has 0 bridgehead atoms. The maximum Gasteiger partial charge on any atom is 0.212 e. The summed E-state index contributed by atoms with van der Waals surface area (Å²) >= 11 is 0. The Balaban J connectivity index is 2.64. The van der Waals surface area contributed by atoms with E-state index in [-0.39, 0.29) is 12.3 Å². The van der Waals surface area contributed by atoms with E-state index in [1.165, 1.54) is 21.3 Å². The molecule has 0 atom stereocenters. The number of nitrogens with one attached hydrogen (secondary N) is 1. The minimum absolute atomic E-state index is 0.0597. The number of rotatable bonds is 10. The van der Waals surface area contributed by atoms with Gasteiger partial charge in [-0.25, -0.2) is 13.1 Å². The Hall–Kier alpha value is -1.35. The fraction of sp³-hybridized carbons (Fsp3) is 0.571. The van der Waals surface area contributed by atoms with Crippen molar-refractivity contribution >= 4 is 10.0 Å². The predicted molar refractivity (Wildman–Crippen MR) is 82.8 cm³/mol. The van der Waals surface area contributed by atoms with Gasteiger partial charge in [0.05, 0.1) is 26.5 Å². The molecular formula is C14H23NO6S. The molecule has 0 radical (unpaired) electrons. The van der Waals surface area contributed by atoms with Gasteiger partial charge >= 0.3 is 0 Å². The highest BCUT2D eigenvalue weighted by Crippen LogP contribution is 2.25. The maximum absolute atomic E-state index is 12.0. The van der Waals surface area contributed by atoms with E-state index in [1.54, 1.807) is 25.3 Å².